The van der Waals surface area contributed by atoms with Crippen molar-refractivity contribution in [1.82, 2.24) is 9.88 Å². The molecule has 1 saturated heterocycles. The minimum atomic E-state index is -0.458. The van der Waals surface area contributed by atoms with Crippen molar-refractivity contribution >= 4 is 16.8 Å². The lowest BCUT2D eigenvalue weighted by molar-refractivity contribution is -0.147. The van der Waals surface area contributed by atoms with Crippen molar-refractivity contribution in [2.24, 2.45) is 11.8 Å². The zero-order valence-electron chi connectivity index (χ0n) is 14.4. The van der Waals surface area contributed by atoms with Crippen LogP contribution in [0, 0.1) is 11.8 Å². The van der Waals surface area contributed by atoms with E-state index < -0.39 is 5.92 Å². The number of fused-ring (bicyclic) bond motifs is 5. The van der Waals surface area contributed by atoms with E-state index in [2.05, 4.69) is 17.1 Å². The molecule has 1 aromatic heterocycles. The van der Waals surface area contributed by atoms with Gasteiger partial charge in [-0.3, -0.25) is 4.79 Å². The smallest absolute Gasteiger partial charge is 0.229 e. The Labute approximate surface area is 147 Å². The van der Waals surface area contributed by atoms with E-state index in [9.17, 15) is 15.0 Å². The number of nitrogens with one attached hydrogen (secondary N) is 1. The van der Waals surface area contributed by atoms with Crippen LogP contribution < -0.4 is 0 Å². The summed E-state index contributed by atoms with van der Waals surface area (Å²) in [4.78, 5) is 18.4. The van der Waals surface area contributed by atoms with Gasteiger partial charge < -0.3 is 20.1 Å². The summed E-state index contributed by atoms with van der Waals surface area (Å²) in [5.74, 6) is -0.576. The second-order valence-corrected chi connectivity index (χ2v) is 7.01. The van der Waals surface area contributed by atoms with Crippen LogP contribution >= 0.6 is 0 Å². The summed E-state index contributed by atoms with van der Waals surface area (Å²) in [6.07, 6.45) is 3.45. The maximum absolute atomic E-state index is 13.0. The van der Waals surface area contributed by atoms with Gasteiger partial charge in [-0.25, -0.2) is 0 Å². The Kier molecular flexibility index (Phi) is 4.13. The minimum absolute atomic E-state index is 0.000793. The summed E-state index contributed by atoms with van der Waals surface area (Å²) >= 11 is 0. The van der Waals surface area contributed by atoms with Gasteiger partial charge in [0.2, 0.25) is 5.91 Å². The number of amides is 1. The number of hydrogen-bond acceptors (Lipinski definition) is 3. The van der Waals surface area contributed by atoms with E-state index in [1.165, 1.54) is 10.9 Å². The molecule has 3 N–H and O–H groups in total. The molecule has 0 spiro atoms. The molecule has 3 heterocycles. The maximum atomic E-state index is 13.0. The Balaban J connectivity index is 1.79. The second kappa shape index (κ2) is 6.32. The van der Waals surface area contributed by atoms with Crippen LogP contribution in [0.2, 0.25) is 0 Å². The van der Waals surface area contributed by atoms with Crippen molar-refractivity contribution in [1.29, 1.82) is 0 Å². The summed E-state index contributed by atoms with van der Waals surface area (Å²) in [5, 5.41) is 20.7. The lowest BCUT2D eigenvalue weighted by Gasteiger charge is -2.46. The number of aliphatic hydroxyl groups excluding tert-OH is 2. The Morgan fingerprint density at radius 3 is 2.88 bits per heavy atom. The standard InChI is InChI=1S/C20H24N2O3/c1-2-12(10-23)15-9-18-19-14(13-5-3-4-6-17(13)21-19)7-8-22(18)20(25)16(15)11-24/h2-6,15-16,18,21,23-24H,7-11H2,1H3/b12-2+/t15-,16+,18-/m0/s1. The van der Waals surface area contributed by atoms with Crippen LogP contribution in [0.4, 0.5) is 0 Å². The molecular weight excluding hydrogens is 316 g/mol. The van der Waals surface area contributed by atoms with Gasteiger partial charge >= 0.3 is 0 Å². The van der Waals surface area contributed by atoms with E-state index in [0.717, 1.165) is 29.6 Å². The molecule has 5 nitrogen and oxygen atoms in total. The highest BCUT2D eigenvalue weighted by Crippen LogP contribution is 2.45. The topological polar surface area (TPSA) is 76.6 Å². The second-order valence-electron chi connectivity index (χ2n) is 7.01. The molecular formula is C20H24N2O3. The third-order valence-electron chi connectivity index (χ3n) is 5.95. The Morgan fingerprint density at radius 1 is 1.36 bits per heavy atom. The molecule has 0 bridgehead atoms. The number of hydrogen-bond donors (Lipinski definition) is 3. The van der Waals surface area contributed by atoms with Gasteiger partial charge in [-0.05, 0) is 42.9 Å². The first-order valence-corrected chi connectivity index (χ1v) is 8.96. The normalized spacial score (nSPS) is 26.7. The van der Waals surface area contributed by atoms with Crippen LogP contribution in [0.5, 0.6) is 0 Å². The number of para-hydroxylation sites is 1. The molecule has 1 fully saturated rings. The first kappa shape index (κ1) is 16.4. The quantitative estimate of drug-likeness (QED) is 0.750. The fourth-order valence-corrected chi connectivity index (χ4v) is 4.66. The average molecular weight is 340 g/mol. The molecule has 25 heavy (non-hydrogen) atoms. The number of aromatic nitrogens is 1. The summed E-state index contributed by atoms with van der Waals surface area (Å²) in [5.41, 5.74) is 4.37. The number of H-pyrrole nitrogens is 1. The van der Waals surface area contributed by atoms with Crippen LogP contribution in [0.1, 0.15) is 30.6 Å². The number of allylic oxidation sites excluding steroid dienone is 1. The zero-order valence-corrected chi connectivity index (χ0v) is 14.4. The summed E-state index contributed by atoms with van der Waals surface area (Å²) in [7, 11) is 0. The van der Waals surface area contributed by atoms with Gasteiger partial charge in [-0.15, -0.1) is 0 Å². The average Bonchev–Trinajstić information content (AvgIpc) is 3.02. The van der Waals surface area contributed by atoms with Crippen LogP contribution in [0.15, 0.2) is 35.9 Å². The highest BCUT2D eigenvalue weighted by atomic mass is 16.3. The number of rotatable bonds is 3. The molecule has 4 rings (SSSR count). The molecule has 2 aliphatic rings. The van der Waals surface area contributed by atoms with Gasteiger partial charge in [0.15, 0.2) is 0 Å². The number of nitrogens with zero attached hydrogens (tertiary/aromatic N) is 1. The van der Waals surface area contributed by atoms with Gasteiger partial charge in [0, 0.05) is 23.1 Å². The molecule has 2 aliphatic heterocycles. The van der Waals surface area contributed by atoms with Crippen LogP contribution in [-0.4, -0.2) is 45.8 Å². The number of carbonyl (C=O) groups excluding carboxylic acids is 1. The largest absolute Gasteiger partial charge is 0.396 e. The first-order chi connectivity index (χ1) is 12.2. The maximum Gasteiger partial charge on any atom is 0.229 e. The number of aromatic amines is 1. The Bertz CT molecular complexity index is 839. The fourth-order valence-electron chi connectivity index (χ4n) is 4.66. The van der Waals surface area contributed by atoms with Gasteiger partial charge in [0.05, 0.1) is 25.2 Å². The molecule has 0 saturated carbocycles. The summed E-state index contributed by atoms with van der Waals surface area (Å²) in [6.45, 7) is 2.32. The van der Waals surface area contributed by atoms with Gasteiger partial charge in [-0.2, -0.15) is 0 Å². The predicted octanol–water partition coefficient (Wildman–Crippen LogP) is 2.16. The predicted molar refractivity (Wildman–Crippen MR) is 96.0 cm³/mol. The molecule has 5 heteroatoms. The number of piperidine rings is 1. The third kappa shape index (κ3) is 2.41. The molecule has 1 amide bonds. The molecule has 0 unspecified atom stereocenters. The number of aliphatic hydroxyl groups is 2. The van der Waals surface area contributed by atoms with E-state index in [-0.39, 0.29) is 31.1 Å². The van der Waals surface area contributed by atoms with E-state index >= 15 is 0 Å². The monoisotopic (exact) mass is 340 g/mol. The van der Waals surface area contributed by atoms with E-state index in [1.807, 2.05) is 30.0 Å². The molecule has 1 aromatic carbocycles. The van der Waals surface area contributed by atoms with Crippen molar-refractivity contribution in [2.75, 3.05) is 19.8 Å². The van der Waals surface area contributed by atoms with E-state index in [0.29, 0.717) is 6.54 Å². The van der Waals surface area contributed by atoms with Crippen molar-refractivity contribution in [3.8, 4) is 0 Å². The van der Waals surface area contributed by atoms with Crippen molar-refractivity contribution < 1.29 is 15.0 Å². The van der Waals surface area contributed by atoms with Crippen LogP contribution in [0.3, 0.4) is 0 Å². The summed E-state index contributed by atoms with van der Waals surface area (Å²) in [6, 6.07) is 8.25. The van der Waals surface area contributed by atoms with Gasteiger partial charge in [0.1, 0.15) is 0 Å². The molecule has 0 radical (unpaired) electrons. The SMILES string of the molecule is C/C=C(\CO)[C@@H]1C[C@H]2c3[nH]c4ccccc4c3CCN2C(=O)[C@@H]1CO. The van der Waals surface area contributed by atoms with Crippen molar-refractivity contribution in [2.45, 2.75) is 25.8 Å². The molecule has 132 valence electrons. The van der Waals surface area contributed by atoms with Crippen molar-refractivity contribution in [3.05, 3.63) is 47.2 Å². The highest BCUT2D eigenvalue weighted by Gasteiger charge is 2.45. The van der Waals surface area contributed by atoms with E-state index in [1.54, 1.807) is 0 Å². The van der Waals surface area contributed by atoms with E-state index in [4.69, 9.17) is 0 Å². The van der Waals surface area contributed by atoms with Crippen LogP contribution in [-0.2, 0) is 11.2 Å². The molecule has 3 atom stereocenters. The lowest BCUT2D eigenvalue weighted by Crippen LogP contribution is -2.51. The minimum Gasteiger partial charge on any atom is -0.396 e. The lowest BCUT2D eigenvalue weighted by atomic mass is 9.74. The zero-order chi connectivity index (χ0) is 17.6. The molecule has 0 aliphatic carbocycles. The summed E-state index contributed by atoms with van der Waals surface area (Å²) < 4.78 is 0. The highest BCUT2D eigenvalue weighted by molar-refractivity contribution is 5.87. The molecule has 2 aromatic rings. The van der Waals surface area contributed by atoms with Gasteiger partial charge in [0.25, 0.3) is 0 Å². The third-order valence-corrected chi connectivity index (χ3v) is 5.95. The number of benzene rings is 1. The van der Waals surface area contributed by atoms with Gasteiger partial charge in [-0.1, -0.05) is 24.3 Å². The first-order valence-electron chi connectivity index (χ1n) is 8.96. The van der Waals surface area contributed by atoms with Crippen LogP contribution in [0.25, 0.3) is 10.9 Å². The fraction of sp³-hybridized carbons (Fsp3) is 0.450. The Hall–Kier alpha value is -2.11. The Morgan fingerprint density at radius 2 is 2.16 bits per heavy atom. The number of carbonyl (C=O) groups is 1. The van der Waals surface area contributed by atoms with Crippen molar-refractivity contribution in [3.63, 3.8) is 0 Å².